The number of carbonyl (C=O) groups excluding carboxylic acids is 2. The molecule has 0 aromatic heterocycles. The highest BCUT2D eigenvalue weighted by Crippen LogP contribution is 2.20. The van der Waals surface area contributed by atoms with Crippen LogP contribution in [0.25, 0.3) is 6.08 Å². The van der Waals surface area contributed by atoms with Gasteiger partial charge in [-0.2, -0.15) is 0 Å². The molecule has 1 atom stereocenters. The predicted molar refractivity (Wildman–Crippen MR) is 79.3 cm³/mol. The van der Waals surface area contributed by atoms with Crippen LogP contribution in [0.2, 0.25) is 5.02 Å². The van der Waals surface area contributed by atoms with E-state index in [1.54, 1.807) is 0 Å². The summed E-state index contributed by atoms with van der Waals surface area (Å²) in [5, 5.41) is 2.80. The summed E-state index contributed by atoms with van der Waals surface area (Å²) >= 11 is 5.82. The second kappa shape index (κ2) is 8.42. The first-order chi connectivity index (χ1) is 9.95. The third-order valence-electron chi connectivity index (χ3n) is 2.60. The van der Waals surface area contributed by atoms with Crippen LogP contribution in [0.1, 0.15) is 25.8 Å². The number of amides is 1. The van der Waals surface area contributed by atoms with E-state index in [2.05, 4.69) is 5.32 Å². The molecule has 0 saturated heterocycles. The van der Waals surface area contributed by atoms with Gasteiger partial charge in [0.1, 0.15) is 5.82 Å². The Kier molecular flexibility index (Phi) is 6.88. The van der Waals surface area contributed by atoms with Crippen LogP contribution in [0.15, 0.2) is 24.3 Å². The van der Waals surface area contributed by atoms with Gasteiger partial charge < -0.3 is 10.1 Å². The first kappa shape index (κ1) is 17.2. The largest absolute Gasteiger partial charge is 0.449 e. The third-order valence-corrected chi connectivity index (χ3v) is 2.93. The van der Waals surface area contributed by atoms with Crippen LogP contribution in [-0.4, -0.2) is 24.5 Å². The first-order valence-electron chi connectivity index (χ1n) is 6.56. The van der Waals surface area contributed by atoms with Crippen molar-refractivity contribution < 1.29 is 18.7 Å². The maximum Gasteiger partial charge on any atom is 0.331 e. The second-order valence-electron chi connectivity index (χ2n) is 4.34. The van der Waals surface area contributed by atoms with Crippen LogP contribution in [-0.2, 0) is 14.3 Å². The van der Waals surface area contributed by atoms with Crippen molar-refractivity contribution in [2.24, 2.45) is 0 Å². The molecule has 1 rings (SSSR count). The standard InChI is InChI=1S/C15H17ClFNO3/c1-3-9-18-15(20)10(2)21-14(19)8-7-11-12(16)5-4-6-13(11)17/h4-8,10H,3,9H2,1-2H3,(H,18,20)/b8-7+. The number of hydrogen-bond acceptors (Lipinski definition) is 3. The highest BCUT2D eigenvalue weighted by molar-refractivity contribution is 6.32. The number of esters is 1. The number of nitrogens with one attached hydrogen (secondary N) is 1. The molecule has 1 amide bonds. The molecule has 4 nitrogen and oxygen atoms in total. The fourth-order valence-electron chi connectivity index (χ4n) is 1.48. The molecule has 0 aliphatic rings. The van der Waals surface area contributed by atoms with E-state index in [9.17, 15) is 14.0 Å². The molecule has 0 aliphatic carbocycles. The average Bonchev–Trinajstić information content (AvgIpc) is 2.44. The van der Waals surface area contributed by atoms with Crippen molar-refractivity contribution in [1.82, 2.24) is 5.32 Å². The van der Waals surface area contributed by atoms with Crippen LogP contribution in [0, 0.1) is 5.82 Å². The lowest BCUT2D eigenvalue weighted by Gasteiger charge is -2.11. The lowest BCUT2D eigenvalue weighted by atomic mass is 10.2. The summed E-state index contributed by atoms with van der Waals surface area (Å²) in [6.45, 7) is 3.89. The van der Waals surface area contributed by atoms with Gasteiger partial charge >= 0.3 is 5.97 Å². The lowest BCUT2D eigenvalue weighted by Crippen LogP contribution is -2.35. The molecule has 1 N–H and O–H groups in total. The summed E-state index contributed by atoms with van der Waals surface area (Å²) in [6.07, 6.45) is 2.13. The van der Waals surface area contributed by atoms with Crippen LogP contribution in [0.5, 0.6) is 0 Å². The Bertz CT molecular complexity index is 525. The Labute approximate surface area is 127 Å². The zero-order valence-electron chi connectivity index (χ0n) is 11.9. The van der Waals surface area contributed by atoms with Crippen LogP contribution in [0.3, 0.4) is 0 Å². The molecule has 21 heavy (non-hydrogen) atoms. The van der Waals surface area contributed by atoms with Crippen molar-refractivity contribution >= 4 is 29.6 Å². The molecule has 1 aromatic carbocycles. The van der Waals surface area contributed by atoms with Gasteiger partial charge in [0.25, 0.3) is 5.91 Å². The van der Waals surface area contributed by atoms with E-state index in [1.165, 1.54) is 31.2 Å². The molecular formula is C15H17ClFNO3. The minimum absolute atomic E-state index is 0.0965. The number of halogens is 2. The summed E-state index contributed by atoms with van der Waals surface area (Å²) in [5.74, 6) is -1.66. The summed E-state index contributed by atoms with van der Waals surface area (Å²) in [5.41, 5.74) is 0.0965. The fourth-order valence-corrected chi connectivity index (χ4v) is 1.71. The van der Waals surface area contributed by atoms with Gasteiger partial charge in [0.2, 0.25) is 0 Å². The Morgan fingerprint density at radius 2 is 2.19 bits per heavy atom. The van der Waals surface area contributed by atoms with Crippen LogP contribution >= 0.6 is 11.6 Å². The topological polar surface area (TPSA) is 55.4 Å². The van der Waals surface area contributed by atoms with E-state index in [0.717, 1.165) is 12.5 Å². The quantitative estimate of drug-likeness (QED) is 0.649. The van der Waals surface area contributed by atoms with E-state index in [1.807, 2.05) is 6.92 Å². The van der Waals surface area contributed by atoms with Gasteiger partial charge in [-0.3, -0.25) is 4.79 Å². The van der Waals surface area contributed by atoms with Crippen molar-refractivity contribution in [2.45, 2.75) is 26.4 Å². The molecule has 0 fully saturated rings. The van der Waals surface area contributed by atoms with Crippen LogP contribution in [0.4, 0.5) is 4.39 Å². The van der Waals surface area contributed by atoms with Gasteiger partial charge in [0, 0.05) is 18.2 Å². The van der Waals surface area contributed by atoms with Crippen molar-refractivity contribution in [3.63, 3.8) is 0 Å². The Morgan fingerprint density at radius 1 is 1.48 bits per heavy atom. The van der Waals surface area contributed by atoms with Gasteiger partial charge in [0.05, 0.1) is 5.02 Å². The zero-order valence-corrected chi connectivity index (χ0v) is 12.6. The molecule has 0 saturated carbocycles. The van der Waals surface area contributed by atoms with Crippen molar-refractivity contribution in [1.29, 1.82) is 0 Å². The minimum Gasteiger partial charge on any atom is -0.449 e. The monoisotopic (exact) mass is 313 g/mol. The maximum atomic E-state index is 13.5. The predicted octanol–water partition coefficient (Wildman–Crippen LogP) is 2.95. The van der Waals surface area contributed by atoms with E-state index in [4.69, 9.17) is 16.3 Å². The van der Waals surface area contributed by atoms with Gasteiger partial charge in [-0.1, -0.05) is 24.6 Å². The van der Waals surface area contributed by atoms with Crippen molar-refractivity contribution in [2.75, 3.05) is 6.54 Å². The molecule has 0 heterocycles. The molecule has 0 aliphatic heterocycles. The smallest absolute Gasteiger partial charge is 0.331 e. The lowest BCUT2D eigenvalue weighted by molar-refractivity contribution is -0.150. The molecule has 0 spiro atoms. The summed E-state index contributed by atoms with van der Waals surface area (Å²) in [6, 6.07) is 4.21. The zero-order chi connectivity index (χ0) is 15.8. The van der Waals surface area contributed by atoms with E-state index >= 15 is 0 Å². The molecular weight excluding hydrogens is 297 g/mol. The molecule has 6 heteroatoms. The van der Waals surface area contributed by atoms with Gasteiger partial charge in [-0.25, -0.2) is 9.18 Å². The number of carbonyl (C=O) groups is 2. The van der Waals surface area contributed by atoms with Crippen LogP contribution < -0.4 is 5.32 Å². The first-order valence-corrected chi connectivity index (χ1v) is 6.94. The molecule has 0 bridgehead atoms. The Balaban J connectivity index is 2.61. The normalized spacial score (nSPS) is 12.2. The number of benzene rings is 1. The van der Waals surface area contributed by atoms with Gasteiger partial charge in [-0.15, -0.1) is 0 Å². The molecule has 0 radical (unpaired) electrons. The van der Waals surface area contributed by atoms with Gasteiger partial charge in [-0.05, 0) is 31.6 Å². The van der Waals surface area contributed by atoms with Crippen molar-refractivity contribution in [3.05, 3.63) is 40.7 Å². The number of ether oxygens (including phenoxy) is 1. The fraction of sp³-hybridized carbons (Fsp3) is 0.333. The maximum absolute atomic E-state index is 13.5. The summed E-state index contributed by atoms with van der Waals surface area (Å²) in [4.78, 5) is 23.1. The van der Waals surface area contributed by atoms with Gasteiger partial charge in [0.15, 0.2) is 6.10 Å². The highest BCUT2D eigenvalue weighted by Gasteiger charge is 2.15. The van der Waals surface area contributed by atoms with E-state index in [0.29, 0.717) is 6.54 Å². The Hall–Kier alpha value is -1.88. The average molecular weight is 314 g/mol. The van der Waals surface area contributed by atoms with E-state index < -0.39 is 17.9 Å². The second-order valence-corrected chi connectivity index (χ2v) is 4.75. The van der Waals surface area contributed by atoms with Crippen molar-refractivity contribution in [3.8, 4) is 0 Å². The molecule has 114 valence electrons. The molecule has 1 aromatic rings. The highest BCUT2D eigenvalue weighted by atomic mass is 35.5. The SMILES string of the molecule is CCCNC(=O)C(C)OC(=O)/C=C/c1c(F)cccc1Cl. The third kappa shape index (κ3) is 5.55. The van der Waals surface area contributed by atoms with E-state index in [-0.39, 0.29) is 16.5 Å². The number of rotatable bonds is 6. The minimum atomic E-state index is -0.912. The number of hydrogen-bond donors (Lipinski definition) is 1. The Morgan fingerprint density at radius 3 is 2.81 bits per heavy atom. The summed E-state index contributed by atoms with van der Waals surface area (Å²) in [7, 11) is 0. The summed E-state index contributed by atoms with van der Waals surface area (Å²) < 4.78 is 18.4. The molecule has 1 unspecified atom stereocenters.